The number of hydrogen-bond acceptors (Lipinski definition) is 18. The first kappa shape index (κ1) is 69.5. The van der Waals surface area contributed by atoms with E-state index in [4.69, 9.17) is 40.5 Å². The number of β-amino-alcohol motifs (C(OH)–C–C–N with tert-alkyl or cyclic N) is 1. The molecule has 4 fully saturated rings. The lowest BCUT2D eigenvalue weighted by molar-refractivity contribution is -0.144. The molecular weight excluding hydrogens is 1270 g/mol. The molecule has 94 heavy (non-hydrogen) atoms. The molecule has 4 aliphatic heterocycles. The number of nitrogens with zero attached hydrogens (tertiary/aromatic N) is 8. The third-order valence-electron chi connectivity index (χ3n) is 17.3. The number of thiazole rings is 1. The highest BCUT2D eigenvalue weighted by molar-refractivity contribution is 7.23. The number of halogens is 3. The van der Waals surface area contributed by atoms with Gasteiger partial charge in [0.15, 0.2) is 5.82 Å². The van der Waals surface area contributed by atoms with Crippen LogP contribution in [0.3, 0.4) is 0 Å². The average molecular weight is 1350 g/mol. The number of thiophene rings is 1. The lowest BCUT2D eigenvalue weighted by Crippen LogP contribution is -2.57. The number of piperazine rings is 1. The smallest absolute Gasteiger partial charge is 0.412 e. The lowest BCUT2D eigenvalue weighted by atomic mass is 9.85. The van der Waals surface area contributed by atoms with Gasteiger partial charge in [-0.2, -0.15) is 15.2 Å². The zero-order chi connectivity index (χ0) is 67.8. The van der Waals surface area contributed by atoms with Crippen LogP contribution < -0.4 is 25.6 Å². The van der Waals surface area contributed by atoms with Crippen molar-refractivity contribution >= 4 is 96.0 Å². The van der Waals surface area contributed by atoms with E-state index in [0.29, 0.717) is 57.9 Å². The number of ether oxygens (including phenoxy) is 4. The number of aryl methyl sites for hydroxylation is 1. The summed E-state index contributed by atoms with van der Waals surface area (Å²) in [6.07, 6.45) is 2.52. The number of amides is 5. The molecule has 10 rings (SSSR count). The van der Waals surface area contributed by atoms with Crippen LogP contribution in [0.15, 0.2) is 48.0 Å². The molecule has 3 aromatic carbocycles. The summed E-state index contributed by atoms with van der Waals surface area (Å²) in [5.41, 5.74) is 1.16. The summed E-state index contributed by atoms with van der Waals surface area (Å²) in [6.45, 7) is 23.1. The molecule has 26 heteroatoms. The normalized spacial score (nSPS) is 20.5. The first-order chi connectivity index (χ1) is 44.4. The van der Waals surface area contributed by atoms with E-state index < -0.39 is 70.1 Å². The SMILES string of the molecule is Cc1ncsc1-c1ccc(CNC(=O)[C@@H]2C[C@@H](O)CN2C(=O)[C@@H](NC(=O)CCCCCCN2CCO[C@@](C)(COc3nc(N4CC5CCC(C4)N5C(=O)OC(C)(C)C)c4cc(Cl)c(-c5ccc(F)c6sc(NC(=O)OC(C)(C)C)c(C#N)c56)c(F)c4n3)C2)C(C)(C)C)cc1. The predicted molar refractivity (Wildman–Crippen MR) is 358 cm³/mol. The molecule has 21 nitrogen and oxygen atoms in total. The Balaban J connectivity index is 0.781. The topological polar surface area (TPSA) is 254 Å². The highest BCUT2D eigenvalue weighted by atomic mass is 35.5. The number of aliphatic hydroxyl groups excluding tert-OH is 1. The fraction of sp³-hybridized carbons (Fsp3) is 0.544. The molecule has 0 saturated carbocycles. The highest BCUT2D eigenvalue weighted by Gasteiger charge is 2.47. The maximum atomic E-state index is 17.9. The Labute approximate surface area is 559 Å². The van der Waals surface area contributed by atoms with E-state index in [1.807, 2.05) is 90.1 Å². The molecule has 0 spiro atoms. The number of anilines is 2. The van der Waals surface area contributed by atoms with Crippen LogP contribution in [0.4, 0.5) is 29.2 Å². The second kappa shape index (κ2) is 28.2. The molecule has 4 N–H and O–H groups in total. The number of rotatable bonds is 19. The van der Waals surface area contributed by atoms with E-state index in [1.165, 1.54) is 11.0 Å². The number of carbonyl (C=O) groups is 5. The molecule has 6 atom stereocenters. The largest absolute Gasteiger partial charge is 0.460 e. The van der Waals surface area contributed by atoms with E-state index >= 15 is 8.78 Å². The van der Waals surface area contributed by atoms with Gasteiger partial charge in [0.2, 0.25) is 17.7 Å². The number of likely N-dealkylation sites (tertiary alicyclic amines) is 1. The Bertz CT molecular complexity index is 3870. The van der Waals surface area contributed by atoms with Crippen LogP contribution >= 0.6 is 34.3 Å². The minimum Gasteiger partial charge on any atom is -0.460 e. The van der Waals surface area contributed by atoms with Crippen LogP contribution in [0.25, 0.3) is 42.6 Å². The van der Waals surface area contributed by atoms with Gasteiger partial charge in [-0.1, -0.05) is 75.5 Å². The summed E-state index contributed by atoms with van der Waals surface area (Å²) in [6, 6.07) is 11.5. The molecule has 4 saturated heterocycles. The Hall–Kier alpha value is -7.34. The quantitative estimate of drug-likeness (QED) is 0.0550. The van der Waals surface area contributed by atoms with E-state index in [-0.39, 0.29) is 110 Å². The number of carbonyl (C=O) groups excluding carboxylic acids is 5. The van der Waals surface area contributed by atoms with Crippen LogP contribution in [0.2, 0.25) is 5.02 Å². The number of hydrogen-bond donors (Lipinski definition) is 4. The van der Waals surface area contributed by atoms with Crippen LogP contribution in [-0.2, 0) is 35.1 Å². The minimum atomic E-state index is -0.938. The summed E-state index contributed by atoms with van der Waals surface area (Å²) in [7, 11) is 0. The summed E-state index contributed by atoms with van der Waals surface area (Å²) in [4.78, 5) is 90.5. The van der Waals surface area contributed by atoms with Crippen molar-refractivity contribution in [2.24, 2.45) is 5.41 Å². The Morgan fingerprint density at radius 3 is 2.30 bits per heavy atom. The van der Waals surface area contributed by atoms with Crippen molar-refractivity contribution in [1.29, 1.82) is 5.26 Å². The van der Waals surface area contributed by atoms with E-state index in [1.54, 1.807) is 43.1 Å². The molecule has 6 aromatic rings. The van der Waals surface area contributed by atoms with Gasteiger partial charge in [-0.05, 0) is 122 Å². The van der Waals surface area contributed by atoms with Gasteiger partial charge in [-0.3, -0.25) is 29.5 Å². The Morgan fingerprint density at radius 1 is 0.936 bits per heavy atom. The fourth-order valence-electron chi connectivity index (χ4n) is 12.9. The monoisotopic (exact) mass is 1350 g/mol. The van der Waals surface area contributed by atoms with Crippen LogP contribution in [0.5, 0.6) is 6.01 Å². The summed E-state index contributed by atoms with van der Waals surface area (Å²) < 4.78 is 57.7. The maximum Gasteiger partial charge on any atom is 0.412 e. The molecule has 0 aliphatic carbocycles. The standard InChI is InChI=1S/C68H84ClF2N11O10S2/c1-38-55(93-37-74-38)40-19-17-39(18-20-40)31-73-59(85)49-28-43(83)34-81(49)61(86)57(65(2,3)4)75-50(84)16-14-12-13-15-25-79-26-27-90-68(11,35-79)36-89-62-76-54-45(58(77-62)80-32-41-21-22-42(33-80)82(41)64(88)92-67(8,9)10)29-47(69)52(53(54)71)44-23-24-48(70)56-51(44)46(30-72)60(94-56)78-63(87)91-66(5,6)7/h17-20,23-24,29,37,41-43,49,57,83H,12-16,21-22,25-28,31-36H2,1-11H3,(H,73,85)(H,75,84)(H,78,87)/t41?,42?,43-,49+,57-,68-/m1/s1. The van der Waals surface area contributed by atoms with Crippen molar-refractivity contribution in [2.45, 2.75) is 181 Å². The molecular formula is C68H84ClF2N11O10S2. The summed E-state index contributed by atoms with van der Waals surface area (Å²) >= 11 is 9.49. The van der Waals surface area contributed by atoms with E-state index in [2.05, 4.69) is 31.9 Å². The number of aliphatic hydroxyl groups is 1. The first-order valence-electron chi connectivity index (χ1n) is 32.0. The van der Waals surface area contributed by atoms with Crippen LogP contribution in [0.1, 0.15) is 137 Å². The van der Waals surface area contributed by atoms with Gasteiger partial charge >= 0.3 is 18.2 Å². The number of morpholine rings is 1. The number of unbranched alkanes of at least 4 members (excludes halogenated alkanes) is 3. The van der Waals surface area contributed by atoms with Crippen molar-refractivity contribution in [2.75, 3.05) is 62.7 Å². The number of fused-ring (bicyclic) bond motifs is 4. The number of nitriles is 1. The highest BCUT2D eigenvalue weighted by Crippen LogP contribution is 2.47. The van der Waals surface area contributed by atoms with E-state index in [0.717, 1.165) is 64.9 Å². The number of nitrogens with one attached hydrogen (secondary N) is 3. The molecule has 2 unspecified atom stereocenters. The third-order valence-corrected chi connectivity index (χ3v) is 19.7. The van der Waals surface area contributed by atoms with Crippen molar-refractivity contribution in [1.82, 2.24) is 40.3 Å². The number of benzene rings is 3. The summed E-state index contributed by atoms with van der Waals surface area (Å²) in [5, 5.41) is 30.0. The maximum absolute atomic E-state index is 17.9. The van der Waals surface area contributed by atoms with Crippen LogP contribution in [-0.4, -0.2) is 164 Å². The molecule has 504 valence electrons. The molecule has 4 aliphatic rings. The molecule has 2 bridgehead atoms. The van der Waals surface area contributed by atoms with Crippen molar-refractivity contribution < 1.29 is 56.8 Å². The van der Waals surface area contributed by atoms with Crippen molar-refractivity contribution in [3.63, 3.8) is 0 Å². The van der Waals surface area contributed by atoms with Gasteiger partial charge in [0.25, 0.3) is 0 Å². The molecule has 3 aromatic heterocycles. The predicted octanol–water partition coefficient (Wildman–Crippen LogP) is 11.9. The second-order valence-corrected chi connectivity index (χ2v) is 30.5. The van der Waals surface area contributed by atoms with Gasteiger partial charge < -0.3 is 44.5 Å². The fourth-order valence-corrected chi connectivity index (χ4v) is 15.0. The van der Waals surface area contributed by atoms with Gasteiger partial charge in [-0.15, -0.1) is 22.7 Å². The van der Waals surface area contributed by atoms with Crippen molar-refractivity contribution in [3.05, 3.63) is 81.5 Å². The van der Waals surface area contributed by atoms with Crippen molar-refractivity contribution in [3.8, 4) is 33.6 Å². The number of aromatic nitrogens is 3. The zero-order valence-electron chi connectivity index (χ0n) is 55.2. The van der Waals surface area contributed by atoms with Crippen LogP contribution in [0, 0.1) is 35.3 Å². The van der Waals surface area contributed by atoms with E-state index in [9.17, 15) is 34.3 Å². The lowest BCUT2D eigenvalue weighted by Gasteiger charge is -2.42. The Kier molecular flexibility index (Phi) is 20.8. The average Bonchev–Trinajstić information content (AvgIpc) is 1.26. The zero-order valence-corrected chi connectivity index (χ0v) is 57.6. The molecule has 5 amide bonds. The molecule has 7 heterocycles. The summed E-state index contributed by atoms with van der Waals surface area (Å²) in [5.74, 6) is -2.34. The second-order valence-electron chi connectivity index (χ2n) is 28.3. The molecule has 0 radical (unpaired) electrons. The minimum absolute atomic E-state index is 0.00498. The van der Waals surface area contributed by atoms with Gasteiger partial charge in [0.05, 0.1) is 56.2 Å². The first-order valence-corrected chi connectivity index (χ1v) is 34.1. The van der Waals surface area contributed by atoms with Gasteiger partial charge in [0, 0.05) is 68.4 Å². The van der Waals surface area contributed by atoms with Gasteiger partial charge in [0.1, 0.15) is 63.7 Å². The van der Waals surface area contributed by atoms with Gasteiger partial charge in [-0.25, -0.2) is 23.4 Å². The Morgan fingerprint density at radius 2 is 1.64 bits per heavy atom. The third kappa shape index (κ3) is 16.0.